The third-order valence-electron chi connectivity index (χ3n) is 5.12. The summed E-state index contributed by atoms with van der Waals surface area (Å²) in [6.45, 7) is 2.73. The Hall–Kier alpha value is -3.20. The summed E-state index contributed by atoms with van der Waals surface area (Å²) in [6.07, 6.45) is 1.50. The SMILES string of the molecule is CNC(=O)C(C)N(CCc1ccccc1)C(=O)CN(c1cccc(C(C)=O)c1)S(C)(=O)=O. The molecule has 2 rings (SSSR count). The molecule has 1 N–H and O–H groups in total. The first-order valence-electron chi connectivity index (χ1n) is 10.2. The maximum atomic E-state index is 13.2. The van der Waals surface area contributed by atoms with E-state index in [9.17, 15) is 22.8 Å². The maximum absolute atomic E-state index is 13.2. The molecular formula is C23H29N3O5S. The minimum absolute atomic E-state index is 0.212. The number of carbonyl (C=O) groups excluding carboxylic acids is 3. The average molecular weight is 460 g/mol. The van der Waals surface area contributed by atoms with E-state index >= 15 is 0 Å². The molecule has 0 aliphatic carbocycles. The molecule has 172 valence electrons. The fourth-order valence-electron chi connectivity index (χ4n) is 3.27. The van der Waals surface area contributed by atoms with Gasteiger partial charge in [-0.05, 0) is 38.0 Å². The largest absolute Gasteiger partial charge is 0.357 e. The topological polar surface area (TPSA) is 104 Å². The predicted octanol–water partition coefficient (Wildman–Crippen LogP) is 1.86. The van der Waals surface area contributed by atoms with Crippen molar-refractivity contribution >= 4 is 33.3 Å². The number of anilines is 1. The molecule has 9 heteroatoms. The van der Waals surface area contributed by atoms with E-state index in [1.54, 1.807) is 19.1 Å². The molecule has 0 radical (unpaired) electrons. The number of Topliss-reactive ketones (excluding diaryl/α,β-unsaturated/α-hetero) is 1. The first-order valence-corrected chi connectivity index (χ1v) is 12.0. The molecule has 1 unspecified atom stereocenters. The lowest BCUT2D eigenvalue weighted by Gasteiger charge is -2.31. The smallest absolute Gasteiger partial charge is 0.244 e. The van der Waals surface area contributed by atoms with Crippen molar-refractivity contribution in [3.05, 3.63) is 65.7 Å². The first kappa shape index (κ1) is 25.1. The third kappa shape index (κ3) is 6.65. The lowest BCUT2D eigenvalue weighted by Crippen LogP contribution is -2.51. The van der Waals surface area contributed by atoms with E-state index in [0.29, 0.717) is 12.0 Å². The fraction of sp³-hybridized carbons (Fsp3) is 0.348. The molecule has 0 aliphatic rings. The monoisotopic (exact) mass is 459 g/mol. The number of nitrogens with zero attached hydrogens (tertiary/aromatic N) is 2. The van der Waals surface area contributed by atoms with Gasteiger partial charge < -0.3 is 10.2 Å². The predicted molar refractivity (Wildman–Crippen MR) is 124 cm³/mol. The molecule has 0 saturated carbocycles. The zero-order valence-electron chi connectivity index (χ0n) is 18.7. The number of likely N-dealkylation sites (N-methyl/N-ethyl adjacent to an activating group) is 1. The summed E-state index contributed by atoms with van der Waals surface area (Å²) < 4.78 is 26.0. The van der Waals surface area contributed by atoms with E-state index in [0.717, 1.165) is 16.1 Å². The van der Waals surface area contributed by atoms with Crippen LogP contribution in [0.15, 0.2) is 54.6 Å². The first-order chi connectivity index (χ1) is 15.0. The molecular weight excluding hydrogens is 430 g/mol. The number of hydrogen-bond acceptors (Lipinski definition) is 5. The van der Waals surface area contributed by atoms with E-state index in [-0.39, 0.29) is 23.9 Å². The number of hydrogen-bond donors (Lipinski definition) is 1. The second-order valence-electron chi connectivity index (χ2n) is 7.49. The summed E-state index contributed by atoms with van der Waals surface area (Å²) in [7, 11) is -2.35. The van der Waals surface area contributed by atoms with Crippen LogP contribution in [0.1, 0.15) is 29.8 Å². The quantitative estimate of drug-likeness (QED) is 0.546. The summed E-state index contributed by atoms with van der Waals surface area (Å²) in [5.41, 5.74) is 1.54. The molecule has 0 bridgehead atoms. The Balaban J connectivity index is 2.33. The lowest BCUT2D eigenvalue weighted by molar-refractivity contribution is -0.138. The van der Waals surface area contributed by atoms with Gasteiger partial charge in [-0.1, -0.05) is 42.5 Å². The minimum Gasteiger partial charge on any atom is -0.357 e. The standard InChI is InChI=1S/C23H29N3O5S/c1-17(23(29)24-3)25(14-13-19-9-6-5-7-10-19)22(28)16-26(32(4,30)31)21-12-8-11-20(15-21)18(2)27/h5-12,15,17H,13-14,16H2,1-4H3,(H,24,29). The van der Waals surface area contributed by atoms with Crippen LogP contribution in [0, 0.1) is 0 Å². The number of sulfonamides is 1. The number of benzene rings is 2. The van der Waals surface area contributed by atoms with Crippen LogP contribution in [0.4, 0.5) is 5.69 Å². The van der Waals surface area contributed by atoms with Crippen LogP contribution >= 0.6 is 0 Å². The fourth-order valence-corrected chi connectivity index (χ4v) is 4.11. The van der Waals surface area contributed by atoms with Gasteiger partial charge in [0.05, 0.1) is 11.9 Å². The Morgan fingerprint density at radius 2 is 1.69 bits per heavy atom. The van der Waals surface area contributed by atoms with Gasteiger partial charge in [0.1, 0.15) is 12.6 Å². The van der Waals surface area contributed by atoms with Gasteiger partial charge in [0, 0.05) is 19.2 Å². The highest BCUT2D eigenvalue weighted by atomic mass is 32.2. The van der Waals surface area contributed by atoms with Crippen molar-refractivity contribution in [2.24, 2.45) is 0 Å². The summed E-state index contributed by atoms with van der Waals surface area (Å²) >= 11 is 0. The summed E-state index contributed by atoms with van der Waals surface area (Å²) in [5, 5.41) is 2.53. The van der Waals surface area contributed by atoms with Gasteiger partial charge in [-0.15, -0.1) is 0 Å². The van der Waals surface area contributed by atoms with Crippen LogP contribution in [-0.4, -0.2) is 63.4 Å². The van der Waals surface area contributed by atoms with Crippen molar-refractivity contribution in [3.63, 3.8) is 0 Å². The molecule has 2 aromatic rings. The van der Waals surface area contributed by atoms with Crippen LogP contribution in [0.25, 0.3) is 0 Å². The van der Waals surface area contributed by atoms with Crippen LogP contribution in [0.3, 0.4) is 0 Å². The van der Waals surface area contributed by atoms with Crippen LogP contribution < -0.4 is 9.62 Å². The molecule has 2 aromatic carbocycles. The second kappa shape index (κ2) is 10.9. The number of amides is 2. The molecule has 0 aliphatic heterocycles. The molecule has 1 atom stereocenters. The van der Waals surface area contributed by atoms with Gasteiger partial charge >= 0.3 is 0 Å². The molecule has 0 saturated heterocycles. The van der Waals surface area contributed by atoms with Gasteiger partial charge in [0.15, 0.2) is 5.78 Å². The Labute approximate surface area is 189 Å². The molecule has 2 amide bonds. The van der Waals surface area contributed by atoms with Crippen LogP contribution in [-0.2, 0) is 26.0 Å². The van der Waals surface area contributed by atoms with Gasteiger partial charge in [-0.3, -0.25) is 18.7 Å². The Morgan fingerprint density at radius 1 is 1.03 bits per heavy atom. The van der Waals surface area contributed by atoms with Gasteiger partial charge in [0.2, 0.25) is 21.8 Å². The Morgan fingerprint density at radius 3 is 2.25 bits per heavy atom. The maximum Gasteiger partial charge on any atom is 0.244 e. The van der Waals surface area contributed by atoms with Crippen LogP contribution in [0.5, 0.6) is 0 Å². The van der Waals surface area contributed by atoms with E-state index in [4.69, 9.17) is 0 Å². The number of carbonyl (C=O) groups is 3. The average Bonchev–Trinajstić information content (AvgIpc) is 2.76. The van der Waals surface area contributed by atoms with Crippen molar-refractivity contribution in [2.45, 2.75) is 26.3 Å². The Bertz CT molecular complexity index is 1070. The number of nitrogens with one attached hydrogen (secondary N) is 1. The highest BCUT2D eigenvalue weighted by Gasteiger charge is 2.29. The second-order valence-corrected chi connectivity index (χ2v) is 9.40. The molecule has 0 heterocycles. The Kier molecular flexibility index (Phi) is 8.54. The van der Waals surface area contributed by atoms with Crippen molar-refractivity contribution in [1.82, 2.24) is 10.2 Å². The molecule has 0 aromatic heterocycles. The highest BCUT2D eigenvalue weighted by molar-refractivity contribution is 7.92. The summed E-state index contributed by atoms with van der Waals surface area (Å²) in [5.74, 6) is -1.09. The van der Waals surface area contributed by atoms with Crippen molar-refractivity contribution in [3.8, 4) is 0 Å². The summed E-state index contributed by atoms with van der Waals surface area (Å²) in [6, 6.07) is 14.8. The molecule has 0 fully saturated rings. The third-order valence-corrected chi connectivity index (χ3v) is 6.26. The van der Waals surface area contributed by atoms with Gasteiger partial charge in [-0.2, -0.15) is 0 Å². The normalized spacial score (nSPS) is 12.0. The lowest BCUT2D eigenvalue weighted by atomic mass is 10.1. The summed E-state index contributed by atoms with van der Waals surface area (Å²) in [4.78, 5) is 38.6. The zero-order chi connectivity index (χ0) is 23.9. The molecule has 32 heavy (non-hydrogen) atoms. The van der Waals surface area contributed by atoms with E-state index in [1.165, 1.54) is 31.0 Å². The van der Waals surface area contributed by atoms with E-state index < -0.39 is 28.5 Å². The molecule has 8 nitrogen and oxygen atoms in total. The zero-order valence-corrected chi connectivity index (χ0v) is 19.6. The van der Waals surface area contributed by atoms with Crippen molar-refractivity contribution in [1.29, 1.82) is 0 Å². The minimum atomic E-state index is -3.83. The van der Waals surface area contributed by atoms with Gasteiger partial charge in [0.25, 0.3) is 0 Å². The molecule has 0 spiro atoms. The number of ketones is 1. The van der Waals surface area contributed by atoms with Gasteiger partial charge in [-0.25, -0.2) is 8.42 Å². The van der Waals surface area contributed by atoms with Crippen LogP contribution in [0.2, 0.25) is 0 Å². The highest BCUT2D eigenvalue weighted by Crippen LogP contribution is 2.20. The van der Waals surface area contributed by atoms with E-state index in [1.807, 2.05) is 30.3 Å². The van der Waals surface area contributed by atoms with Crippen molar-refractivity contribution in [2.75, 3.05) is 30.7 Å². The van der Waals surface area contributed by atoms with E-state index in [2.05, 4.69) is 5.32 Å². The van der Waals surface area contributed by atoms with Crippen molar-refractivity contribution < 1.29 is 22.8 Å². The number of rotatable bonds is 10.